The number of aromatic nitrogens is 8. The molecule has 0 aromatic carbocycles. The lowest BCUT2D eigenvalue weighted by atomic mass is 10.1. The first-order valence-corrected chi connectivity index (χ1v) is 9.57. The Hall–Kier alpha value is -4.31. The van der Waals surface area contributed by atoms with Crippen LogP contribution in [0.2, 0.25) is 0 Å². The highest BCUT2D eigenvalue weighted by molar-refractivity contribution is 5.95. The number of aromatic amines is 2. The molecule has 10 nitrogen and oxygen atoms in total. The van der Waals surface area contributed by atoms with Gasteiger partial charge in [-0.2, -0.15) is 10.2 Å². The number of hydrogen-bond acceptors (Lipinski definition) is 7. The van der Waals surface area contributed by atoms with E-state index >= 15 is 0 Å². The minimum absolute atomic E-state index is 0.165. The first-order valence-electron chi connectivity index (χ1n) is 9.57. The average molecular weight is 412 g/mol. The number of nitrogens with zero attached hydrogens (tertiary/aromatic N) is 6. The molecule has 6 heterocycles. The van der Waals surface area contributed by atoms with E-state index in [0.29, 0.717) is 28.4 Å². The number of aliphatic hydroxyl groups excluding tert-OH is 1. The highest BCUT2D eigenvalue weighted by atomic mass is 16.3. The van der Waals surface area contributed by atoms with Gasteiger partial charge in [-0.1, -0.05) is 0 Å². The van der Waals surface area contributed by atoms with Crippen LogP contribution in [0.3, 0.4) is 0 Å². The fourth-order valence-corrected chi connectivity index (χ4v) is 3.75. The van der Waals surface area contributed by atoms with Crippen LogP contribution in [0.4, 0.5) is 0 Å². The molecule has 0 aliphatic heterocycles. The lowest BCUT2D eigenvalue weighted by Gasteiger charge is -2.00. The molecule has 0 aliphatic carbocycles. The molecule has 10 heteroatoms. The quantitative estimate of drug-likeness (QED) is 0.405. The van der Waals surface area contributed by atoms with Gasteiger partial charge in [-0.05, 0) is 18.2 Å². The Balaban J connectivity index is 1.52. The van der Waals surface area contributed by atoms with Crippen LogP contribution in [-0.4, -0.2) is 45.0 Å². The summed E-state index contributed by atoms with van der Waals surface area (Å²) in [5.41, 5.74) is 7.41. The molecular weight excluding hydrogens is 396 g/mol. The van der Waals surface area contributed by atoms with Gasteiger partial charge in [-0.3, -0.25) is 14.8 Å². The molecule has 152 valence electrons. The second-order valence-electron chi connectivity index (χ2n) is 7.17. The third kappa shape index (κ3) is 2.73. The van der Waals surface area contributed by atoms with Gasteiger partial charge in [0, 0.05) is 36.1 Å². The molecular formula is C21H16N8O2. The molecule has 0 saturated heterocycles. The number of rotatable bonds is 4. The Kier molecular flexibility index (Phi) is 3.74. The molecule has 0 bridgehead atoms. The summed E-state index contributed by atoms with van der Waals surface area (Å²) in [7, 11) is 1.81. The standard InChI is InChI=1S/C21H16N8O2/c1-29-8-13(17(9-30)28-29)14-2-3-15-19(23-14)20(27-26-15)21-24-16-7-22-6-12(18(16)25-21)11-4-5-31-10-11/h2-8,10,30H,9H2,1H3,(H,24,25)(H,26,27). The van der Waals surface area contributed by atoms with E-state index in [4.69, 9.17) is 14.4 Å². The van der Waals surface area contributed by atoms with Gasteiger partial charge in [-0.25, -0.2) is 9.97 Å². The summed E-state index contributed by atoms with van der Waals surface area (Å²) in [4.78, 5) is 17.2. The predicted molar refractivity (Wildman–Crippen MR) is 113 cm³/mol. The number of hydrogen-bond donors (Lipinski definition) is 3. The zero-order valence-corrected chi connectivity index (χ0v) is 16.4. The van der Waals surface area contributed by atoms with Gasteiger partial charge in [0.05, 0.1) is 47.8 Å². The minimum Gasteiger partial charge on any atom is -0.472 e. The molecule has 6 aromatic heterocycles. The number of aliphatic hydroxyl groups is 1. The topological polar surface area (TPSA) is 134 Å². The zero-order valence-electron chi connectivity index (χ0n) is 16.4. The Labute approximate surface area is 174 Å². The number of aryl methyl sites for hydroxylation is 1. The van der Waals surface area contributed by atoms with Crippen LogP contribution in [0.1, 0.15) is 5.69 Å². The third-order valence-corrected chi connectivity index (χ3v) is 5.19. The van der Waals surface area contributed by atoms with Crippen molar-refractivity contribution in [1.29, 1.82) is 0 Å². The Morgan fingerprint density at radius 2 is 2.00 bits per heavy atom. The predicted octanol–water partition coefficient (Wildman–Crippen LogP) is 3.05. The van der Waals surface area contributed by atoms with Gasteiger partial charge >= 0.3 is 0 Å². The summed E-state index contributed by atoms with van der Waals surface area (Å²) in [6, 6.07) is 5.65. The summed E-state index contributed by atoms with van der Waals surface area (Å²) in [5, 5.41) is 21.4. The van der Waals surface area contributed by atoms with Gasteiger partial charge < -0.3 is 14.5 Å². The van der Waals surface area contributed by atoms with Crippen LogP contribution in [0.15, 0.2) is 53.7 Å². The van der Waals surface area contributed by atoms with Gasteiger partial charge in [0.1, 0.15) is 11.0 Å². The molecule has 31 heavy (non-hydrogen) atoms. The number of nitrogens with one attached hydrogen (secondary N) is 2. The second kappa shape index (κ2) is 6.61. The lowest BCUT2D eigenvalue weighted by molar-refractivity contribution is 0.276. The largest absolute Gasteiger partial charge is 0.472 e. The highest BCUT2D eigenvalue weighted by Gasteiger charge is 2.18. The number of furan rings is 1. The summed E-state index contributed by atoms with van der Waals surface area (Å²) in [6.07, 6.45) is 8.61. The maximum atomic E-state index is 9.63. The van der Waals surface area contributed by atoms with E-state index in [-0.39, 0.29) is 6.61 Å². The molecule has 0 radical (unpaired) electrons. The van der Waals surface area contributed by atoms with E-state index in [1.54, 1.807) is 29.6 Å². The SMILES string of the molecule is Cn1cc(-c2ccc3[nH]nc(-c4nc5c(-c6ccoc6)cncc5[nH]4)c3n2)c(CO)n1. The summed E-state index contributed by atoms with van der Waals surface area (Å²) < 4.78 is 6.87. The summed E-state index contributed by atoms with van der Waals surface area (Å²) in [6.45, 7) is -0.165. The van der Waals surface area contributed by atoms with E-state index < -0.39 is 0 Å². The molecule has 3 N–H and O–H groups in total. The normalized spacial score (nSPS) is 11.7. The van der Waals surface area contributed by atoms with Gasteiger partial charge in [0.25, 0.3) is 0 Å². The molecule has 0 aliphatic rings. The van der Waals surface area contributed by atoms with Crippen molar-refractivity contribution in [2.75, 3.05) is 0 Å². The fourth-order valence-electron chi connectivity index (χ4n) is 3.75. The van der Waals surface area contributed by atoms with Crippen LogP contribution in [-0.2, 0) is 13.7 Å². The van der Waals surface area contributed by atoms with E-state index in [9.17, 15) is 5.11 Å². The number of imidazole rings is 1. The number of pyridine rings is 2. The maximum absolute atomic E-state index is 9.63. The number of H-pyrrole nitrogens is 2. The first-order chi connectivity index (χ1) is 15.2. The Morgan fingerprint density at radius 3 is 2.84 bits per heavy atom. The minimum atomic E-state index is -0.165. The molecule has 0 atom stereocenters. The van der Waals surface area contributed by atoms with Crippen molar-refractivity contribution in [2.24, 2.45) is 7.05 Å². The summed E-state index contributed by atoms with van der Waals surface area (Å²) in [5.74, 6) is 0.581. The van der Waals surface area contributed by atoms with Crippen molar-refractivity contribution >= 4 is 22.1 Å². The Morgan fingerprint density at radius 1 is 1.06 bits per heavy atom. The van der Waals surface area contributed by atoms with Crippen LogP contribution >= 0.6 is 0 Å². The van der Waals surface area contributed by atoms with Crippen molar-refractivity contribution in [3.63, 3.8) is 0 Å². The van der Waals surface area contributed by atoms with Crippen molar-refractivity contribution in [3.05, 3.63) is 55.0 Å². The van der Waals surface area contributed by atoms with Crippen LogP contribution in [0.5, 0.6) is 0 Å². The van der Waals surface area contributed by atoms with Gasteiger partial charge in [-0.15, -0.1) is 0 Å². The van der Waals surface area contributed by atoms with Crippen LogP contribution < -0.4 is 0 Å². The molecule has 0 saturated carbocycles. The van der Waals surface area contributed by atoms with Gasteiger partial charge in [0.2, 0.25) is 0 Å². The van der Waals surface area contributed by atoms with Crippen LogP contribution in [0.25, 0.3) is 56.0 Å². The van der Waals surface area contributed by atoms with Gasteiger partial charge in [0.15, 0.2) is 11.5 Å². The van der Waals surface area contributed by atoms with Crippen molar-refractivity contribution in [3.8, 4) is 33.9 Å². The monoisotopic (exact) mass is 412 g/mol. The lowest BCUT2D eigenvalue weighted by Crippen LogP contribution is -1.91. The third-order valence-electron chi connectivity index (χ3n) is 5.19. The van der Waals surface area contributed by atoms with E-state index in [1.165, 1.54) is 0 Å². The smallest absolute Gasteiger partial charge is 0.161 e. The van der Waals surface area contributed by atoms with Crippen molar-refractivity contribution in [2.45, 2.75) is 6.61 Å². The number of fused-ring (bicyclic) bond motifs is 2. The second-order valence-corrected chi connectivity index (χ2v) is 7.17. The fraction of sp³-hybridized carbons (Fsp3) is 0.0952. The molecule has 0 fully saturated rings. The molecule has 0 unspecified atom stereocenters. The average Bonchev–Trinajstić information content (AvgIpc) is 3.57. The molecule has 6 aromatic rings. The Bertz CT molecular complexity index is 1540. The van der Waals surface area contributed by atoms with E-state index in [1.807, 2.05) is 31.4 Å². The van der Waals surface area contributed by atoms with Crippen LogP contribution in [0, 0.1) is 0 Å². The maximum Gasteiger partial charge on any atom is 0.161 e. The van der Waals surface area contributed by atoms with E-state index in [2.05, 4.69) is 25.3 Å². The van der Waals surface area contributed by atoms with Crippen molar-refractivity contribution < 1.29 is 9.52 Å². The highest BCUT2D eigenvalue weighted by Crippen LogP contribution is 2.31. The van der Waals surface area contributed by atoms with E-state index in [0.717, 1.165) is 33.2 Å². The molecule has 0 spiro atoms. The summed E-state index contributed by atoms with van der Waals surface area (Å²) >= 11 is 0. The molecule has 0 amide bonds. The van der Waals surface area contributed by atoms with Crippen molar-refractivity contribution in [1.82, 2.24) is 39.9 Å². The zero-order chi connectivity index (χ0) is 20.9. The molecule has 6 rings (SSSR count). The first kappa shape index (κ1) is 17.5.